The highest BCUT2D eigenvalue weighted by molar-refractivity contribution is 5.97. The SMILES string of the molecule is CCOc1ccccc1C(=O)N(Cc1cc2cc3c(cc2[nH]c1=O)OCCO3)C1CCCCC1. The molecule has 1 aromatic heterocycles. The molecule has 0 saturated heterocycles. The molecule has 7 nitrogen and oxygen atoms in total. The summed E-state index contributed by atoms with van der Waals surface area (Å²) in [6.45, 7) is 3.61. The predicted octanol–water partition coefficient (Wildman–Crippen LogP) is 4.67. The summed E-state index contributed by atoms with van der Waals surface area (Å²) in [7, 11) is 0. The van der Waals surface area contributed by atoms with Crippen molar-refractivity contribution in [1.29, 1.82) is 0 Å². The first-order valence-corrected chi connectivity index (χ1v) is 12.1. The van der Waals surface area contributed by atoms with Gasteiger partial charge in [-0.25, -0.2) is 0 Å². The highest BCUT2D eigenvalue weighted by Gasteiger charge is 2.29. The van der Waals surface area contributed by atoms with E-state index in [9.17, 15) is 9.59 Å². The molecule has 2 aliphatic rings. The zero-order valence-electron chi connectivity index (χ0n) is 19.5. The maximum absolute atomic E-state index is 13.8. The van der Waals surface area contributed by atoms with Crippen LogP contribution in [0.4, 0.5) is 0 Å². The summed E-state index contributed by atoms with van der Waals surface area (Å²) in [6, 6.07) is 13.0. The van der Waals surface area contributed by atoms with Gasteiger partial charge in [0.15, 0.2) is 11.5 Å². The highest BCUT2D eigenvalue weighted by atomic mass is 16.6. The molecule has 5 rings (SSSR count). The predicted molar refractivity (Wildman–Crippen MR) is 130 cm³/mol. The van der Waals surface area contributed by atoms with Crippen molar-refractivity contribution in [1.82, 2.24) is 9.88 Å². The van der Waals surface area contributed by atoms with Gasteiger partial charge in [0.1, 0.15) is 19.0 Å². The Morgan fingerprint density at radius 1 is 1.06 bits per heavy atom. The normalized spacial score (nSPS) is 15.8. The summed E-state index contributed by atoms with van der Waals surface area (Å²) >= 11 is 0. The van der Waals surface area contributed by atoms with Crippen molar-refractivity contribution in [2.75, 3.05) is 19.8 Å². The monoisotopic (exact) mass is 462 g/mol. The molecule has 178 valence electrons. The van der Waals surface area contributed by atoms with Gasteiger partial charge < -0.3 is 24.1 Å². The van der Waals surface area contributed by atoms with E-state index >= 15 is 0 Å². The summed E-state index contributed by atoms with van der Waals surface area (Å²) in [5, 5.41) is 0.851. The van der Waals surface area contributed by atoms with E-state index in [1.54, 1.807) is 12.1 Å². The molecular weight excluding hydrogens is 432 g/mol. The van der Waals surface area contributed by atoms with Gasteiger partial charge in [-0.2, -0.15) is 0 Å². The van der Waals surface area contributed by atoms with E-state index in [1.165, 1.54) is 6.42 Å². The van der Waals surface area contributed by atoms with Crippen molar-refractivity contribution in [2.45, 2.75) is 51.6 Å². The highest BCUT2D eigenvalue weighted by Crippen LogP contribution is 2.34. The first kappa shape index (κ1) is 22.3. The number of hydrogen-bond donors (Lipinski definition) is 1. The number of nitrogens with zero attached hydrogens (tertiary/aromatic N) is 1. The second-order valence-electron chi connectivity index (χ2n) is 8.86. The molecule has 1 aliphatic heterocycles. The summed E-state index contributed by atoms with van der Waals surface area (Å²) in [5.41, 5.74) is 1.58. The van der Waals surface area contributed by atoms with Gasteiger partial charge in [0.05, 0.1) is 24.2 Å². The fourth-order valence-electron chi connectivity index (χ4n) is 4.93. The maximum Gasteiger partial charge on any atom is 0.258 e. The smallest absolute Gasteiger partial charge is 0.258 e. The van der Waals surface area contributed by atoms with E-state index in [-0.39, 0.29) is 24.1 Å². The minimum absolute atomic E-state index is 0.0892. The summed E-state index contributed by atoms with van der Waals surface area (Å²) in [4.78, 5) is 31.7. The number of amides is 1. The van der Waals surface area contributed by atoms with E-state index in [2.05, 4.69) is 4.98 Å². The van der Waals surface area contributed by atoms with Gasteiger partial charge in [-0.05, 0) is 44.0 Å². The van der Waals surface area contributed by atoms with Crippen molar-refractivity contribution in [3.05, 3.63) is 63.9 Å². The molecule has 0 atom stereocenters. The van der Waals surface area contributed by atoms with E-state index in [4.69, 9.17) is 14.2 Å². The first-order chi connectivity index (χ1) is 16.6. The molecule has 7 heteroatoms. The third-order valence-corrected chi connectivity index (χ3v) is 6.62. The second kappa shape index (κ2) is 9.79. The van der Waals surface area contributed by atoms with Gasteiger partial charge in [0.2, 0.25) is 0 Å². The number of carbonyl (C=O) groups is 1. The number of hydrogen-bond acceptors (Lipinski definition) is 5. The number of fused-ring (bicyclic) bond motifs is 2. The summed E-state index contributed by atoms with van der Waals surface area (Å²) < 4.78 is 17.1. The molecule has 1 saturated carbocycles. The lowest BCUT2D eigenvalue weighted by atomic mass is 9.93. The second-order valence-corrected chi connectivity index (χ2v) is 8.86. The van der Waals surface area contributed by atoms with E-state index in [0.29, 0.717) is 53.7 Å². The molecule has 0 radical (unpaired) electrons. The Balaban J connectivity index is 1.52. The number of nitrogens with one attached hydrogen (secondary N) is 1. The van der Waals surface area contributed by atoms with Crippen molar-refractivity contribution in [3.63, 3.8) is 0 Å². The van der Waals surface area contributed by atoms with Crippen LogP contribution in [-0.2, 0) is 6.54 Å². The van der Waals surface area contributed by atoms with Gasteiger partial charge in [0.25, 0.3) is 11.5 Å². The number of carbonyl (C=O) groups excluding carboxylic acids is 1. The number of para-hydroxylation sites is 1. The lowest BCUT2D eigenvalue weighted by Gasteiger charge is -2.34. The fourth-order valence-corrected chi connectivity index (χ4v) is 4.93. The van der Waals surface area contributed by atoms with Crippen LogP contribution in [0, 0.1) is 0 Å². The maximum atomic E-state index is 13.8. The lowest BCUT2D eigenvalue weighted by Crippen LogP contribution is -2.42. The summed E-state index contributed by atoms with van der Waals surface area (Å²) in [5.74, 6) is 1.78. The van der Waals surface area contributed by atoms with Crippen LogP contribution < -0.4 is 19.8 Å². The Morgan fingerprint density at radius 2 is 1.79 bits per heavy atom. The van der Waals surface area contributed by atoms with Gasteiger partial charge in [-0.3, -0.25) is 9.59 Å². The number of H-pyrrole nitrogens is 1. The Kier molecular flexibility index (Phi) is 6.43. The summed E-state index contributed by atoms with van der Waals surface area (Å²) in [6.07, 6.45) is 5.22. The van der Waals surface area contributed by atoms with Crippen molar-refractivity contribution < 1.29 is 19.0 Å². The van der Waals surface area contributed by atoms with Gasteiger partial charge in [-0.1, -0.05) is 31.4 Å². The molecule has 1 N–H and O–H groups in total. The van der Waals surface area contributed by atoms with Crippen LogP contribution in [0.3, 0.4) is 0 Å². The van der Waals surface area contributed by atoms with Crippen LogP contribution >= 0.6 is 0 Å². The quantitative estimate of drug-likeness (QED) is 0.576. The van der Waals surface area contributed by atoms with Crippen LogP contribution in [0.2, 0.25) is 0 Å². The minimum Gasteiger partial charge on any atom is -0.493 e. The average molecular weight is 463 g/mol. The molecule has 1 fully saturated rings. The zero-order valence-corrected chi connectivity index (χ0v) is 19.5. The van der Waals surface area contributed by atoms with Crippen LogP contribution in [0.25, 0.3) is 10.9 Å². The Morgan fingerprint density at radius 3 is 2.56 bits per heavy atom. The molecule has 0 unspecified atom stereocenters. The zero-order chi connectivity index (χ0) is 23.5. The molecule has 0 spiro atoms. The number of aromatic nitrogens is 1. The lowest BCUT2D eigenvalue weighted by molar-refractivity contribution is 0.0609. The standard InChI is InChI=1S/C27H30N2O5/c1-2-32-23-11-7-6-10-21(23)27(31)29(20-8-4-3-5-9-20)17-19-14-18-15-24-25(34-13-12-33-24)16-22(18)28-26(19)30/h6-7,10-11,14-16,20H,2-5,8-9,12-13,17H2,1H3,(H,28,30). The van der Waals surface area contributed by atoms with Gasteiger partial charge in [0, 0.05) is 23.1 Å². The Labute approximate surface area is 198 Å². The van der Waals surface area contributed by atoms with E-state index in [1.807, 2.05) is 42.2 Å². The fraction of sp³-hybridized carbons (Fsp3) is 0.407. The Bertz CT molecular complexity index is 1250. The number of rotatable bonds is 6. The first-order valence-electron chi connectivity index (χ1n) is 12.1. The molecule has 1 aliphatic carbocycles. The molecule has 3 aromatic rings. The van der Waals surface area contributed by atoms with Crippen molar-refractivity contribution in [3.8, 4) is 17.2 Å². The van der Waals surface area contributed by atoms with Crippen molar-refractivity contribution in [2.24, 2.45) is 0 Å². The third-order valence-electron chi connectivity index (χ3n) is 6.62. The molecule has 0 bridgehead atoms. The number of pyridine rings is 1. The van der Waals surface area contributed by atoms with Crippen LogP contribution in [0.5, 0.6) is 17.2 Å². The van der Waals surface area contributed by atoms with Gasteiger partial charge >= 0.3 is 0 Å². The number of ether oxygens (including phenoxy) is 3. The van der Waals surface area contributed by atoms with Crippen LogP contribution in [0.15, 0.2) is 47.3 Å². The van der Waals surface area contributed by atoms with Crippen LogP contribution in [-0.4, -0.2) is 41.7 Å². The molecule has 1 amide bonds. The van der Waals surface area contributed by atoms with Gasteiger partial charge in [-0.15, -0.1) is 0 Å². The van der Waals surface area contributed by atoms with E-state index < -0.39 is 0 Å². The molecule has 2 heterocycles. The Hall–Kier alpha value is -3.48. The average Bonchev–Trinajstić information content (AvgIpc) is 2.87. The van der Waals surface area contributed by atoms with Crippen LogP contribution in [0.1, 0.15) is 54.9 Å². The molecule has 2 aromatic carbocycles. The largest absolute Gasteiger partial charge is 0.493 e. The molecular formula is C27H30N2O5. The third kappa shape index (κ3) is 4.47. The van der Waals surface area contributed by atoms with Crippen molar-refractivity contribution >= 4 is 16.8 Å². The minimum atomic E-state index is -0.198. The topological polar surface area (TPSA) is 80.9 Å². The number of benzene rings is 2. The van der Waals surface area contributed by atoms with E-state index in [0.717, 1.165) is 31.1 Å². The molecule has 34 heavy (non-hydrogen) atoms. The number of aromatic amines is 1.